The molecule has 1 rings (SSSR count). The second-order valence-corrected chi connectivity index (χ2v) is 58.7. The minimum absolute atomic E-state index is 0.304. The van der Waals surface area contributed by atoms with E-state index in [4.69, 9.17) is 44.9 Å². The molecule has 0 N–H and O–H groups in total. The molecule has 0 spiro atoms. The molecular weight excluding hydrogens is 833 g/mol. The summed E-state index contributed by atoms with van der Waals surface area (Å²) in [5.41, 5.74) is 0. The van der Waals surface area contributed by atoms with E-state index in [0.29, 0.717) is 13.2 Å². The fourth-order valence-corrected chi connectivity index (χ4v) is 13.8. The van der Waals surface area contributed by atoms with Crippen molar-refractivity contribution in [2.24, 2.45) is 0 Å². The van der Waals surface area contributed by atoms with Gasteiger partial charge in [-0.2, -0.15) is 0 Å². The molecule has 1 aliphatic heterocycles. The standard InChI is InChI=1S/C36H86O11Si8/c1-48(2,3)38-26-29-32(44-52(13,14)15)34(46-54(19,20)21)35(47-55(22,23)24)36(41-29)40-28(25-37)31(43-51(10,11)12)33(45-53(16,17)18)30(42-50(7,8)9)27-39-49(4,5)6/h25,28-36H,26-27H2,1-24H3/t28?,29-,30-,31-,32-,33-,34+,35-,36+/m0/s1. The molecule has 1 saturated heterocycles. The zero-order chi connectivity index (χ0) is 43.4. The molecule has 9 atom stereocenters. The third-order valence-electron chi connectivity index (χ3n) is 7.34. The Kier molecular flexibility index (Phi) is 19.9. The van der Waals surface area contributed by atoms with E-state index in [-0.39, 0.29) is 0 Å². The number of aldehydes is 1. The Morgan fingerprint density at radius 2 is 0.873 bits per heavy atom. The summed E-state index contributed by atoms with van der Waals surface area (Å²) in [5, 5.41) is 0. The zero-order valence-corrected chi connectivity index (χ0v) is 47.7. The highest BCUT2D eigenvalue weighted by Crippen LogP contribution is 2.36. The summed E-state index contributed by atoms with van der Waals surface area (Å²) in [5.74, 6) is 0. The average molecular weight is 920 g/mol. The Balaban J connectivity index is 4.11. The molecule has 11 nitrogen and oxygen atoms in total. The van der Waals surface area contributed by atoms with Gasteiger partial charge in [-0.1, -0.05) is 0 Å². The third-order valence-corrected chi connectivity index (χ3v) is 15.3. The number of carbonyl (C=O) groups is 1. The van der Waals surface area contributed by atoms with Crippen molar-refractivity contribution >= 4 is 72.8 Å². The highest BCUT2D eigenvalue weighted by Gasteiger charge is 2.54. The van der Waals surface area contributed by atoms with Crippen molar-refractivity contribution in [1.82, 2.24) is 0 Å². The van der Waals surface area contributed by atoms with Crippen molar-refractivity contribution in [1.29, 1.82) is 0 Å². The molecule has 55 heavy (non-hydrogen) atoms. The van der Waals surface area contributed by atoms with Gasteiger partial charge in [0.1, 0.15) is 42.7 Å². The predicted octanol–water partition coefficient (Wildman–Crippen LogP) is 9.32. The molecule has 328 valence electrons. The molecule has 0 aromatic rings. The Morgan fingerprint density at radius 3 is 1.25 bits per heavy atom. The first kappa shape index (κ1) is 54.0. The Bertz CT molecular complexity index is 1160. The van der Waals surface area contributed by atoms with Crippen LogP contribution in [-0.2, 0) is 49.7 Å². The molecule has 0 aromatic carbocycles. The molecule has 0 radical (unpaired) electrons. The third kappa shape index (κ3) is 23.6. The van der Waals surface area contributed by atoms with E-state index in [9.17, 15) is 4.79 Å². The number of carbonyl (C=O) groups excluding carboxylic acids is 1. The molecule has 19 heteroatoms. The summed E-state index contributed by atoms with van der Waals surface area (Å²) in [6, 6.07) is 0. The molecule has 1 aliphatic rings. The second-order valence-electron chi connectivity index (χ2n) is 22.9. The molecule has 1 fully saturated rings. The van der Waals surface area contributed by atoms with Gasteiger partial charge in [-0.25, -0.2) is 0 Å². The first-order chi connectivity index (χ1) is 24.2. The molecular formula is C36H86O11Si8. The highest BCUT2D eigenvalue weighted by atomic mass is 28.4. The fourth-order valence-electron chi connectivity index (χ4n) is 5.90. The highest BCUT2D eigenvalue weighted by molar-refractivity contribution is 6.72. The van der Waals surface area contributed by atoms with Crippen molar-refractivity contribution in [3.05, 3.63) is 0 Å². The first-order valence-electron chi connectivity index (χ1n) is 20.3. The molecule has 0 aromatic heterocycles. The van der Waals surface area contributed by atoms with Gasteiger partial charge in [-0.3, -0.25) is 0 Å². The van der Waals surface area contributed by atoms with Crippen LogP contribution in [0.15, 0.2) is 0 Å². The zero-order valence-electron chi connectivity index (χ0n) is 39.7. The van der Waals surface area contributed by atoms with Crippen LogP contribution in [0, 0.1) is 0 Å². The van der Waals surface area contributed by atoms with Crippen LogP contribution in [0.2, 0.25) is 157 Å². The fraction of sp³-hybridized carbons (Fsp3) is 0.972. The normalized spacial score (nSPS) is 25.1. The van der Waals surface area contributed by atoms with Crippen LogP contribution >= 0.6 is 0 Å². The summed E-state index contributed by atoms with van der Waals surface area (Å²) in [4.78, 5) is 13.7. The topological polar surface area (TPSA) is 109 Å². The summed E-state index contributed by atoms with van der Waals surface area (Å²) in [6.07, 6.45) is -5.40. The Hall–Kier alpha value is 1.01. The molecule has 1 heterocycles. The van der Waals surface area contributed by atoms with Crippen molar-refractivity contribution in [3.8, 4) is 0 Å². The van der Waals surface area contributed by atoms with Gasteiger partial charge in [0.2, 0.25) is 0 Å². The number of hydrogen-bond acceptors (Lipinski definition) is 11. The van der Waals surface area contributed by atoms with Gasteiger partial charge < -0.3 is 49.7 Å². The Labute approximate surface area is 346 Å². The largest absolute Gasteiger partial charge is 0.415 e. The van der Waals surface area contributed by atoms with E-state index in [1.54, 1.807) is 0 Å². The van der Waals surface area contributed by atoms with E-state index < -0.39 is 122 Å². The SMILES string of the molecule is C[Si](C)(C)OC[C@@H]1O[C@@H](OC(C=O)[C@H](O[Si](C)(C)C)[C@@H](O[Si](C)(C)C)[C@H](CO[Si](C)(C)C)O[Si](C)(C)C)[C@@H](O[Si](C)(C)C)[C@H](O[Si](C)(C)C)[C@H]1O[Si](C)(C)C. The van der Waals surface area contributed by atoms with Gasteiger partial charge in [-0.05, 0) is 157 Å². The average Bonchev–Trinajstić information content (AvgIpc) is 2.89. The maximum absolute atomic E-state index is 13.7. The van der Waals surface area contributed by atoms with Crippen LogP contribution < -0.4 is 0 Å². The lowest BCUT2D eigenvalue weighted by atomic mass is 9.99. The smallest absolute Gasteiger partial charge is 0.186 e. The van der Waals surface area contributed by atoms with E-state index in [1.807, 2.05) is 0 Å². The lowest BCUT2D eigenvalue weighted by Gasteiger charge is -2.51. The second kappa shape index (κ2) is 20.3. The minimum atomic E-state index is -2.35. The molecule has 0 bridgehead atoms. The predicted molar refractivity (Wildman–Crippen MR) is 248 cm³/mol. The van der Waals surface area contributed by atoms with E-state index in [1.165, 1.54) is 0 Å². The van der Waals surface area contributed by atoms with Crippen molar-refractivity contribution in [2.75, 3.05) is 13.2 Å². The first-order valence-corrected chi connectivity index (χ1v) is 47.6. The quantitative estimate of drug-likeness (QED) is 0.0683. The van der Waals surface area contributed by atoms with Crippen LogP contribution in [0.3, 0.4) is 0 Å². The van der Waals surface area contributed by atoms with E-state index in [0.717, 1.165) is 6.29 Å². The van der Waals surface area contributed by atoms with Gasteiger partial charge in [0, 0.05) is 0 Å². The number of rotatable bonds is 24. The van der Waals surface area contributed by atoms with Crippen LogP contribution in [0.5, 0.6) is 0 Å². The van der Waals surface area contributed by atoms with Gasteiger partial charge in [0.25, 0.3) is 0 Å². The summed E-state index contributed by atoms with van der Waals surface area (Å²) < 4.78 is 69.2. The van der Waals surface area contributed by atoms with Crippen molar-refractivity contribution in [3.63, 3.8) is 0 Å². The number of hydrogen-bond donors (Lipinski definition) is 0. The van der Waals surface area contributed by atoms with Gasteiger partial charge in [0.05, 0.1) is 19.3 Å². The minimum Gasteiger partial charge on any atom is -0.415 e. The molecule has 0 amide bonds. The lowest BCUT2D eigenvalue weighted by molar-refractivity contribution is -0.305. The molecule has 0 aliphatic carbocycles. The summed E-state index contributed by atoms with van der Waals surface area (Å²) in [7, 11) is -17.3. The molecule has 1 unspecified atom stereocenters. The van der Waals surface area contributed by atoms with Gasteiger partial charge in [-0.15, -0.1) is 0 Å². The maximum Gasteiger partial charge on any atom is 0.186 e. The van der Waals surface area contributed by atoms with Crippen LogP contribution in [0.4, 0.5) is 0 Å². The monoisotopic (exact) mass is 918 g/mol. The van der Waals surface area contributed by atoms with E-state index in [2.05, 4.69) is 157 Å². The Morgan fingerprint density at radius 1 is 0.473 bits per heavy atom. The number of ether oxygens (including phenoxy) is 2. The van der Waals surface area contributed by atoms with E-state index >= 15 is 0 Å². The van der Waals surface area contributed by atoms with Crippen molar-refractivity contribution < 1.29 is 49.7 Å². The summed E-state index contributed by atoms with van der Waals surface area (Å²) in [6.45, 7) is 52.4. The van der Waals surface area contributed by atoms with Crippen LogP contribution in [-0.4, -0.2) is 141 Å². The molecule has 0 saturated carbocycles. The van der Waals surface area contributed by atoms with Crippen LogP contribution in [0.1, 0.15) is 0 Å². The van der Waals surface area contributed by atoms with Crippen LogP contribution in [0.25, 0.3) is 0 Å². The summed E-state index contributed by atoms with van der Waals surface area (Å²) >= 11 is 0. The van der Waals surface area contributed by atoms with Gasteiger partial charge >= 0.3 is 0 Å². The lowest BCUT2D eigenvalue weighted by Crippen LogP contribution is -2.67. The van der Waals surface area contributed by atoms with Gasteiger partial charge in [0.15, 0.2) is 79.1 Å². The maximum atomic E-state index is 13.7. The van der Waals surface area contributed by atoms with Crippen molar-refractivity contribution in [2.45, 2.75) is 212 Å².